The lowest BCUT2D eigenvalue weighted by atomic mass is 10.1. The average molecular weight is 262 g/mol. The van der Waals surface area contributed by atoms with Crippen molar-refractivity contribution in [2.45, 2.75) is 34.2 Å². The summed E-state index contributed by atoms with van der Waals surface area (Å²) in [6.07, 6.45) is 0. The SMILES string of the molecule is Cc1cc(C)n(C[C@H](C)C(=O)Nc2cc(C)on2)n1. The van der Waals surface area contributed by atoms with Crippen LogP contribution >= 0.6 is 0 Å². The Balaban J connectivity index is 1.97. The monoisotopic (exact) mass is 262 g/mol. The van der Waals surface area contributed by atoms with Crippen molar-refractivity contribution in [1.29, 1.82) is 0 Å². The minimum Gasteiger partial charge on any atom is -0.360 e. The van der Waals surface area contributed by atoms with Crippen LogP contribution in [0.5, 0.6) is 0 Å². The number of carbonyl (C=O) groups excluding carboxylic acids is 1. The summed E-state index contributed by atoms with van der Waals surface area (Å²) in [5, 5.41) is 10.8. The van der Waals surface area contributed by atoms with Crippen LogP contribution in [-0.2, 0) is 11.3 Å². The topological polar surface area (TPSA) is 73.0 Å². The Morgan fingerprint density at radius 3 is 2.68 bits per heavy atom. The molecule has 1 amide bonds. The lowest BCUT2D eigenvalue weighted by Crippen LogP contribution is -2.25. The van der Waals surface area contributed by atoms with Crippen LogP contribution in [0.3, 0.4) is 0 Å². The van der Waals surface area contributed by atoms with E-state index in [0.29, 0.717) is 18.1 Å². The maximum absolute atomic E-state index is 12.0. The van der Waals surface area contributed by atoms with E-state index in [1.807, 2.05) is 31.5 Å². The van der Waals surface area contributed by atoms with Crippen molar-refractivity contribution >= 4 is 11.7 Å². The first-order valence-electron chi connectivity index (χ1n) is 6.21. The van der Waals surface area contributed by atoms with E-state index in [1.54, 1.807) is 13.0 Å². The van der Waals surface area contributed by atoms with Crippen LogP contribution in [0.15, 0.2) is 16.7 Å². The summed E-state index contributed by atoms with van der Waals surface area (Å²) in [5.74, 6) is 0.820. The molecular formula is C13H18N4O2. The van der Waals surface area contributed by atoms with Gasteiger partial charge in [0.15, 0.2) is 5.82 Å². The van der Waals surface area contributed by atoms with Gasteiger partial charge in [0, 0.05) is 11.8 Å². The molecule has 102 valence electrons. The Morgan fingerprint density at radius 2 is 2.16 bits per heavy atom. The van der Waals surface area contributed by atoms with Gasteiger partial charge in [-0.3, -0.25) is 9.48 Å². The molecule has 0 saturated heterocycles. The van der Waals surface area contributed by atoms with Gasteiger partial charge in [0.2, 0.25) is 5.91 Å². The summed E-state index contributed by atoms with van der Waals surface area (Å²) in [6, 6.07) is 3.68. The molecule has 0 unspecified atom stereocenters. The van der Waals surface area contributed by atoms with Gasteiger partial charge in [-0.2, -0.15) is 5.10 Å². The Hall–Kier alpha value is -2.11. The van der Waals surface area contributed by atoms with Gasteiger partial charge in [-0.25, -0.2) is 0 Å². The van der Waals surface area contributed by atoms with Crippen LogP contribution in [0.25, 0.3) is 0 Å². The number of rotatable bonds is 4. The van der Waals surface area contributed by atoms with E-state index >= 15 is 0 Å². The van der Waals surface area contributed by atoms with Crippen LogP contribution in [0.1, 0.15) is 24.1 Å². The second-order valence-electron chi connectivity index (χ2n) is 4.82. The fraction of sp³-hybridized carbons (Fsp3) is 0.462. The molecule has 2 aromatic heterocycles. The van der Waals surface area contributed by atoms with Crippen LogP contribution in [0.2, 0.25) is 0 Å². The molecule has 1 N–H and O–H groups in total. The number of nitrogens with zero attached hydrogens (tertiary/aromatic N) is 3. The third-order valence-corrected chi connectivity index (χ3v) is 2.88. The lowest BCUT2D eigenvalue weighted by molar-refractivity contribution is -0.119. The molecule has 6 nitrogen and oxygen atoms in total. The third-order valence-electron chi connectivity index (χ3n) is 2.88. The first-order chi connectivity index (χ1) is 8.95. The fourth-order valence-corrected chi connectivity index (χ4v) is 1.88. The lowest BCUT2D eigenvalue weighted by Gasteiger charge is -2.11. The van der Waals surface area contributed by atoms with Crippen molar-refractivity contribution < 1.29 is 9.32 Å². The van der Waals surface area contributed by atoms with E-state index in [-0.39, 0.29) is 11.8 Å². The van der Waals surface area contributed by atoms with E-state index < -0.39 is 0 Å². The maximum atomic E-state index is 12.0. The molecule has 0 aliphatic carbocycles. The van der Waals surface area contributed by atoms with Crippen LogP contribution in [-0.4, -0.2) is 20.8 Å². The molecule has 2 heterocycles. The van der Waals surface area contributed by atoms with E-state index in [9.17, 15) is 4.79 Å². The van der Waals surface area contributed by atoms with Crippen LogP contribution in [0.4, 0.5) is 5.82 Å². The van der Waals surface area contributed by atoms with Gasteiger partial charge in [-0.05, 0) is 26.8 Å². The number of carbonyl (C=O) groups is 1. The Labute approximate surface area is 111 Å². The van der Waals surface area contributed by atoms with Gasteiger partial charge in [-0.15, -0.1) is 0 Å². The van der Waals surface area contributed by atoms with Gasteiger partial charge in [0.1, 0.15) is 5.76 Å². The first kappa shape index (κ1) is 13.3. The van der Waals surface area contributed by atoms with E-state index in [4.69, 9.17) is 4.52 Å². The van der Waals surface area contributed by atoms with Crippen molar-refractivity contribution in [2.75, 3.05) is 5.32 Å². The molecule has 0 fully saturated rings. The predicted molar refractivity (Wildman–Crippen MR) is 70.7 cm³/mol. The minimum absolute atomic E-state index is 0.0964. The number of anilines is 1. The van der Waals surface area contributed by atoms with E-state index in [2.05, 4.69) is 15.6 Å². The highest BCUT2D eigenvalue weighted by Gasteiger charge is 2.16. The second-order valence-corrected chi connectivity index (χ2v) is 4.82. The quantitative estimate of drug-likeness (QED) is 0.915. The van der Waals surface area contributed by atoms with Crippen molar-refractivity contribution in [1.82, 2.24) is 14.9 Å². The molecule has 0 bridgehead atoms. The van der Waals surface area contributed by atoms with Gasteiger partial charge in [-0.1, -0.05) is 12.1 Å². The van der Waals surface area contributed by atoms with Crippen molar-refractivity contribution in [3.63, 3.8) is 0 Å². The highest BCUT2D eigenvalue weighted by Crippen LogP contribution is 2.11. The molecule has 0 radical (unpaired) electrons. The highest BCUT2D eigenvalue weighted by atomic mass is 16.5. The average Bonchev–Trinajstić information content (AvgIpc) is 2.85. The summed E-state index contributed by atoms with van der Waals surface area (Å²) in [7, 11) is 0. The van der Waals surface area contributed by atoms with Crippen LogP contribution in [0, 0.1) is 26.7 Å². The third kappa shape index (κ3) is 3.21. The summed E-state index contributed by atoms with van der Waals surface area (Å²) in [4.78, 5) is 12.0. The number of nitrogens with one attached hydrogen (secondary N) is 1. The second kappa shape index (κ2) is 5.26. The molecule has 2 rings (SSSR count). The molecular weight excluding hydrogens is 244 g/mol. The summed E-state index contributed by atoms with van der Waals surface area (Å²) in [6.45, 7) is 8.10. The molecule has 6 heteroatoms. The number of aromatic nitrogens is 3. The van der Waals surface area contributed by atoms with Crippen molar-refractivity contribution in [2.24, 2.45) is 5.92 Å². The molecule has 19 heavy (non-hydrogen) atoms. The normalized spacial score (nSPS) is 12.4. The molecule has 1 atom stereocenters. The number of aryl methyl sites for hydroxylation is 3. The summed E-state index contributed by atoms with van der Waals surface area (Å²) < 4.78 is 6.74. The molecule has 0 aliphatic heterocycles. The number of hydrogen-bond donors (Lipinski definition) is 1. The molecule has 0 spiro atoms. The molecule has 0 aliphatic rings. The van der Waals surface area contributed by atoms with Crippen molar-refractivity contribution in [3.8, 4) is 0 Å². The maximum Gasteiger partial charge on any atom is 0.230 e. The first-order valence-corrected chi connectivity index (χ1v) is 6.21. The smallest absolute Gasteiger partial charge is 0.230 e. The summed E-state index contributed by atoms with van der Waals surface area (Å²) in [5.41, 5.74) is 2.01. The molecule has 0 aromatic carbocycles. The fourth-order valence-electron chi connectivity index (χ4n) is 1.88. The zero-order valence-corrected chi connectivity index (χ0v) is 11.6. The van der Waals surface area contributed by atoms with Crippen LogP contribution < -0.4 is 5.32 Å². The standard InChI is InChI=1S/C13H18N4O2/c1-8(7-17-10(3)5-9(2)15-17)13(18)14-12-6-11(4)19-16-12/h5-6,8H,7H2,1-4H3,(H,14,16,18)/t8-/m0/s1. The zero-order valence-electron chi connectivity index (χ0n) is 11.6. The predicted octanol–water partition coefficient (Wildman–Crippen LogP) is 2.07. The Bertz CT molecular complexity index is 585. The molecule has 0 saturated carbocycles. The van der Waals surface area contributed by atoms with Gasteiger partial charge < -0.3 is 9.84 Å². The van der Waals surface area contributed by atoms with Gasteiger partial charge >= 0.3 is 0 Å². The largest absolute Gasteiger partial charge is 0.360 e. The number of hydrogen-bond acceptors (Lipinski definition) is 4. The number of amides is 1. The molecule has 2 aromatic rings. The summed E-state index contributed by atoms with van der Waals surface area (Å²) >= 11 is 0. The Morgan fingerprint density at radius 1 is 1.42 bits per heavy atom. The Kier molecular flexibility index (Phi) is 3.69. The van der Waals surface area contributed by atoms with Gasteiger partial charge in [0.25, 0.3) is 0 Å². The van der Waals surface area contributed by atoms with E-state index in [1.165, 1.54) is 0 Å². The minimum atomic E-state index is -0.199. The van der Waals surface area contributed by atoms with Gasteiger partial charge in [0.05, 0.1) is 18.2 Å². The van der Waals surface area contributed by atoms with Crippen molar-refractivity contribution in [3.05, 3.63) is 29.3 Å². The van der Waals surface area contributed by atoms with E-state index in [0.717, 1.165) is 11.4 Å². The highest BCUT2D eigenvalue weighted by molar-refractivity contribution is 5.91. The zero-order chi connectivity index (χ0) is 14.0.